The molecule has 1 rings (SSSR count). The highest BCUT2D eigenvalue weighted by Crippen LogP contribution is 2.35. The number of carbonyl (C=O) groups is 1. The van der Waals surface area contributed by atoms with Gasteiger partial charge in [0.05, 0.1) is 33.5 Å². The normalized spacial score (nSPS) is 11.2. The zero-order chi connectivity index (χ0) is 16.0. The molecule has 0 aromatic heterocycles. The summed E-state index contributed by atoms with van der Waals surface area (Å²) in [6.07, 6.45) is 0. The molecule has 1 aromatic carbocycles. The molecule has 0 aliphatic rings. The van der Waals surface area contributed by atoms with Gasteiger partial charge in [-0.15, -0.1) is 0 Å². The fourth-order valence-corrected chi connectivity index (χ4v) is 2.21. The van der Waals surface area contributed by atoms with Crippen molar-refractivity contribution in [3.05, 3.63) is 38.4 Å². The van der Waals surface area contributed by atoms with Crippen LogP contribution in [0.25, 0.3) is 0 Å². The second kappa shape index (κ2) is 7.20. The topological polar surface area (TPSA) is 136 Å². The maximum absolute atomic E-state index is 11.5. The number of benzene rings is 1. The second-order valence-corrected chi connectivity index (χ2v) is 4.69. The lowest BCUT2D eigenvalue weighted by Gasteiger charge is -2.08. The van der Waals surface area contributed by atoms with Crippen LogP contribution < -0.4 is 0 Å². The van der Waals surface area contributed by atoms with E-state index >= 15 is 0 Å². The molecule has 0 saturated carbocycles. The van der Waals surface area contributed by atoms with Crippen LogP contribution in [0.1, 0.15) is 6.92 Å². The van der Waals surface area contributed by atoms with Crippen LogP contribution >= 0.6 is 11.8 Å². The van der Waals surface area contributed by atoms with Gasteiger partial charge >= 0.3 is 5.97 Å². The number of nitrogens with zero attached hydrogens (tertiary/aromatic N) is 3. The number of carbonyl (C=O) groups excluding carboxylic acids is 1. The Morgan fingerprint density at radius 1 is 1.43 bits per heavy atom. The van der Waals surface area contributed by atoms with Gasteiger partial charge in [-0.3, -0.25) is 20.2 Å². The Labute approximate surface area is 122 Å². The van der Waals surface area contributed by atoms with Gasteiger partial charge in [-0.1, -0.05) is 11.8 Å². The average molecular weight is 311 g/mol. The van der Waals surface area contributed by atoms with Crippen molar-refractivity contribution in [1.82, 2.24) is 0 Å². The molecular formula is C11H9N3O6S. The third kappa shape index (κ3) is 4.15. The third-order valence-corrected chi connectivity index (χ3v) is 3.35. The van der Waals surface area contributed by atoms with Crippen molar-refractivity contribution in [2.45, 2.75) is 17.1 Å². The number of esters is 1. The van der Waals surface area contributed by atoms with Crippen molar-refractivity contribution >= 4 is 29.1 Å². The number of hydrogen-bond donors (Lipinski definition) is 0. The van der Waals surface area contributed by atoms with Gasteiger partial charge in [0.2, 0.25) is 0 Å². The van der Waals surface area contributed by atoms with Gasteiger partial charge < -0.3 is 4.74 Å². The van der Waals surface area contributed by atoms with E-state index in [0.717, 1.165) is 18.2 Å². The first-order valence-corrected chi connectivity index (χ1v) is 6.44. The summed E-state index contributed by atoms with van der Waals surface area (Å²) in [7, 11) is 0. The summed E-state index contributed by atoms with van der Waals surface area (Å²) >= 11 is 0.612. The van der Waals surface area contributed by atoms with Crippen LogP contribution in [0.2, 0.25) is 0 Å². The molecular weight excluding hydrogens is 302 g/mol. The Hall–Kier alpha value is -2.67. The first-order valence-electron chi connectivity index (χ1n) is 5.56. The molecule has 21 heavy (non-hydrogen) atoms. The van der Waals surface area contributed by atoms with E-state index in [9.17, 15) is 25.0 Å². The van der Waals surface area contributed by atoms with Crippen molar-refractivity contribution < 1.29 is 19.4 Å². The van der Waals surface area contributed by atoms with Gasteiger partial charge in [-0.25, -0.2) is 4.79 Å². The monoisotopic (exact) mass is 311 g/mol. The van der Waals surface area contributed by atoms with E-state index in [-0.39, 0.29) is 11.5 Å². The van der Waals surface area contributed by atoms with Crippen molar-refractivity contribution in [1.29, 1.82) is 5.26 Å². The lowest BCUT2D eigenvalue weighted by molar-refractivity contribution is -0.396. The van der Waals surface area contributed by atoms with E-state index in [0.29, 0.717) is 11.8 Å². The fraction of sp³-hybridized carbons (Fsp3) is 0.273. The van der Waals surface area contributed by atoms with E-state index in [1.165, 1.54) is 0 Å². The summed E-state index contributed by atoms with van der Waals surface area (Å²) in [6.45, 7) is 1.63. The summed E-state index contributed by atoms with van der Waals surface area (Å²) < 4.78 is 4.67. The van der Waals surface area contributed by atoms with Crippen molar-refractivity contribution in [3.8, 4) is 6.07 Å². The molecule has 1 aromatic rings. The molecule has 0 radical (unpaired) electrons. The van der Waals surface area contributed by atoms with Crippen molar-refractivity contribution in [2.24, 2.45) is 0 Å². The Balaban J connectivity index is 3.12. The molecule has 1 unspecified atom stereocenters. The number of nitro groups is 2. The Morgan fingerprint density at radius 3 is 2.57 bits per heavy atom. The maximum atomic E-state index is 11.5. The first-order chi connectivity index (χ1) is 9.90. The van der Waals surface area contributed by atoms with Crippen molar-refractivity contribution in [2.75, 3.05) is 6.61 Å². The molecule has 0 saturated heterocycles. The smallest absolute Gasteiger partial charge is 0.334 e. The van der Waals surface area contributed by atoms with Crippen LogP contribution in [0, 0.1) is 31.6 Å². The van der Waals surface area contributed by atoms with Gasteiger partial charge in [-0.05, 0) is 13.0 Å². The minimum absolute atomic E-state index is 0.0230. The lowest BCUT2D eigenvalue weighted by Crippen LogP contribution is -2.18. The third-order valence-electron chi connectivity index (χ3n) is 2.21. The van der Waals surface area contributed by atoms with Crippen LogP contribution in [0.3, 0.4) is 0 Å². The predicted molar refractivity (Wildman–Crippen MR) is 71.6 cm³/mol. The van der Waals surface area contributed by atoms with Crippen LogP contribution in [0.5, 0.6) is 0 Å². The highest BCUT2D eigenvalue weighted by atomic mass is 32.2. The van der Waals surface area contributed by atoms with E-state index in [1.807, 2.05) is 0 Å². The molecule has 110 valence electrons. The zero-order valence-corrected chi connectivity index (χ0v) is 11.5. The van der Waals surface area contributed by atoms with Crippen LogP contribution in [-0.4, -0.2) is 27.7 Å². The molecule has 0 fully saturated rings. The van der Waals surface area contributed by atoms with Gasteiger partial charge in [0, 0.05) is 6.07 Å². The van der Waals surface area contributed by atoms with Crippen LogP contribution in [-0.2, 0) is 9.53 Å². The molecule has 0 heterocycles. The standard InChI is InChI=1S/C11H9N3O6S/c1-2-20-11(15)10(6-12)21-9-4-3-7(13(16)17)5-8(9)14(18)19/h3-5,10H,2H2,1H3. The van der Waals surface area contributed by atoms with Crippen LogP contribution in [0.4, 0.5) is 11.4 Å². The first kappa shape index (κ1) is 16.4. The maximum Gasteiger partial charge on any atom is 0.334 e. The largest absolute Gasteiger partial charge is 0.464 e. The molecule has 0 N–H and O–H groups in total. The number of rotatable bonds is 6. The summed E-state index contributed by atoms with van der Waals surface area (Å²) in [5.74, 6) is -0.822. The SMILES string of the molecule is CCOC(=O)C(C#N)Sc1ccc([N+](=O)[O-])cc1[N+](=O)[O-]. The summed E-state index contributed by atoms with van der Waals surface area (Å²) in [5, 5.41) is 29.2. The quantitative estimate of drug-likeness (QED) is 0.337. The average Bonchev–Trinajstić information content (AvgIpc) is 2.44. The van der Waals surface area contributed by atoms with Crippen LogP contribution in [0.15, 0.2) is 23.1 Å². The summed E-state index contributed by atoms with van der Waals surface area (Å²) in [5.41, 5.74) is -0.991. The number of nitriles is 1. The lowest BCUT2D eigenvalue weighted by atomic mass is 10.3. The zero-order valence-electron chi connectivity index (χ0n) is 10.7. The Kier molecular flexibility index (Phi) is 5.62. The molecule has 9 nitrogen and oxygen atoms in total. The number of non-ortho nitro benzene ring substituents is 1. The van der Waals surface area contributed by atoms with E-state index in [2.05, 4.69) is 4.74 Å². The molecule has 0 aliphatic carbocycles. The second-order valence-electron chi connectivity index (χ2n) is 3.55. The highest BCUT2D eigenvalue weighted by Gasteiger charge is 2.27. The minimum Gasteiger partial charge on any atom is -0.464 e. The molecule has 1 atom stereocenters. The molecule has 0 aliphatic heterocycles. The predicted octanol–water partition coefficient (Wildman–Crippen LogP) is 2.05. The number of thioether (sulfide) groups is 1. The van der Waals surface area contributed by atoms with E-state index in [4.69, 9.17) is 5.26 Å². The number of hydrogen-bond acceptors (Lipinski definition) is 8. The minimum atomic E-state index is -1.29. The molecule has 0 spiro atoms. The van der Waals surface area contributed by atoms with E-state index < -0.39 is 32.4 Å². The van der Waals surface area contributed by atoms with Crippen molar-refractivity contribution in [3.63, 3.8) is 0 Å². The Morgan fingerprint density at radius 2 is 2.10 bits per heavy atom. The summed E-state index contributed by atoms with van der Waals surface area (Å²) in [6, 6.07) is 4.64. The number of ether oxygens (including phenoxy) is 1. The van der Waals surface area contributed by atoms with Gasteiger partial charge in [-0.2, -0.15) is 5.26 Å². The highest BCUT2D eigenvalue weighted by molar-refractivity contribution is 8.01. The van der Waals surface area contributed by atoms with Gasteiger partial charge in [0.25, 0.3) is 11.4 Å². The van der Waals surface area contributed by atoms with Gasteiger partial charge in [0.15, 0.2) is 5.25 Å². The molecule has 0 bridgehead atoms. The fourth-order valence-electron chi connectivity index (χ4n) is 1.33. The van der Waals surface area contributed by atoms with Gasteiger partial charge in [0.1, 0.15) is 0 Å². The van der Waals surface area contributed by atoms with E-state index in [1.54, 1.807) is 13.0 Å². The molecule has 0 amide bonds. The Bertz CT molecular complexity index is 627. The number of nitro benzene ring substituents is 2. The summed E-state index contributed by atoms with van der Waals surface area (Å²) in [4.78, 5) is 31.4. The molecule has 10 heteroatoms.